The maximum atomic E-state index is 13.6. The van der Waals surface area contributed by atoms with E-state index in [-0.39, 0.29) is 28.1 Å². The Kier molecular flexibility index (Phi) is 5.25. The van der Waals surface area contributed by atoms with Crippen molar-refractivity contribution in [3.8, 4) is 0 Å². The predicted molar refractivity (Wildman–Crippen MR) is 94.5 cm³/mol. The number of aromatic amines is 1. The third-order valence-electron chi connectivity index (χ3n) is 4.21. The Balaban J connectivity index is 2.33. The van der Waals surface area contributed by atoms with Crippen molar-refractivity contribution in [3.63, 3.8) is 0 Å². The highest BCUT2D eigenvalue weighted by molar-refractivity contribution is 6.42. The van der Waals surface area contributed by atoms with Crippen LogP contribution >= 0.6 is 23.2 Å². The molecule has 3 nitrogen and oxygen atoms in total. The van der Waals surface area contributed by atoms with Crippen LogP contribution in [0, 0.1) is 0 Å². The third kappa shape index (κ3) is 4.16. The maximum Gasteiger partial charge on any atom is 0.417 e. The molecule has 1 aromatic heterocycles. The molecule has 29 heavy (non-hydrogen) atoms. The minimum Gasteiger partial charge on any atom is -0.477 e. The molecule has 2 N–H and O–H groups in total. The molecule has 0 amide bonds. The van der Waals surface area contributed by atoms with E-state index in [2.05, 4.69) is 4.98 Å². The number of halogens is 8. The van der Waals surface area contributed by atoms with Crippen LogP contribution in [0.5, 0.6) is 0 Å². The number of carboxylic acids is 1. The second kappa shape index (κ2) is 7.14. The number of alkyl halides is 6. The summed E-state index contributed by atoms with van der Waals surface area (Å²) in [5, 5.41) is 9.01. The van der Waals surface area contributed by atoms with Gasteiger partial charge in [-0.3, -0.25) is 0 Å². The number of aromatic nitrogens is 1. The smallest absolute Gasteiger partial charge is 0.417 e. The van der Waals surface area contributed by atoms with Gasteiger partial charge in [-0.05, 0) is 35.4 Å². The molecule has 0 radical (unpaired) electrons. The van der Waals surface area contributed by atoms with Crippen LogP contribution in [0.1, 0.15) is 32.7 Å². The van der Waals surface area contributed by atoms with Gasteiger partial charge in [0.2, 0.25) is 0 Å². The fraction of sp³-hybridized carbons (Fsp3) is 0.167. The van der Waals surface area contributed by atoms with Gasteiger partial charge in [-0.25, -0.2) is 4.79 Å². The molecule has 3 rings (SSSR count). The van der Waals surface area contributed by atoms with Gasteiger partial charge in [0.05, 0.1) is 21.2 Å². The fourth-order valence-electron chi connectivity index (χ4n) is 3.00. The SMILES string of the molecule is O=C(O)c1[nH]c2cc(C(F)(F)F)cc(C(F)(F)F)c2c1Cc1ccc(Cl)c(Cl)c1. The van der Waals surface area contributed by atoms with Crippen LogP contribution in [-0.2, 0) is 18.8 Å². The molecule has 0 atom stereocenters. The number of rotatable bonds is 3. The summed E-state index contributed by atoms with van der Waals surface area (Å²) in [6.07, 6.45) is -10.5. The van der Waals surface area contributed by atoms with Crippen LogP contribution in [-0.4, -0.2) is 16.1 Å². The molecular formula is C18H9Cl2F6NO2. The van der Waals surface area contributed by atoms with Crippen LogP contribution < -0.4 is 0 Å². The van der Waals surface area contributed by atoms with Crippen LogP contribution in [0.4, 0.5) is 26.3 Å². The van der Waals surface area contributed by atoms with Crippen LogP contribution in [0.25, 0.3) is 10.9 Å². The molecule has 0 unspecified atom stereocenters. The van der Waals surface area contributed by atoms with Gasteiger partial charge < -0.3 is 10.1 Å². The first kappa shape index (κ1) is 21.3. The van der Waals surface area contributed by atoms with Crippen molar-refractivity contribution in [1.29, 1.82) is 0 Å². The zero-order chi connectivity index (χ0) is 21.7. The second-order valence-corrected chi connectivity index (χ2v) is 6.97. The topological polar surface area (TPSA) is 53.1 Å². The number of H-pyrrole nitrogens is 1. The summed E-state index contributed by atoms with van der Waals surface area (Å²) >= 11 is 11.7. The average Bonchev–Trinajstić information content (AvgIpc) is 2.94. The normalized spacial score (nSPS) is 12.6. The summed E-state index contributed by atoms with van der Waals surface area (Å²) < 4.78 is 79.9. The Hall–Kier alpha value is -2.39. The molecule has 0 aliphatic heterocycles. The monoisotopic (exact) mass is 455 g/mol. The highest BCUT2D eigenvalue weighted by atomic mass is 35.5. The van der Waals surface area contributed by atoms with Gasteiger partial charge in [-0.15, -0.1) is 0 Å². The van der Waals surface area contributed by atoms with Gasteiger partial charge >= 0.3 is 18.3 Å². The molecular weight excluding hydrogens is 447 g/mol. The fourth-order valence-corrected chi connectivity index (χ4v) is 3.32. The first-order valence-electron chi connectivity index (χ1n) is 7.79. The van der Waals surface area contributed by atoms with Crippen LogP contribution in [0.2, 0.25) is 10.0 Å². The van der Waals surface area contributed by atoms with Crippen molar-refractivity contribution in [2.75, 3.05) is 0 Å². The first-order valence-corrected chi connectivity index (χ1v) is 8.55. The van der Waals surface area contributed by atoms with Crippen LogP contribution in [0.15, 0.2) is 30.3 Å². The molecule has 3 aromatic rings. The summed E-state index contributed by atoms with van der Waals surface area (Å²) in [6.45, 7) is 0. The number of hydrogen-bond donors (Lipinski definition) is 2. The van der Waals surface area contributed by atoms with Gasteiger partial charge in [0.15, 0.2) is 0 Å². The summed E-state index contributed by atoms with van der Waals surface area (Å²) in [6, 6.07) is 4.57. The highest BCUT2D eigenvalue weighted by Crippen LogP contribution is 2.42. The van der Waals surface area contributed by atoms with E-state index in [1.165, 1.54) is 18.2 Å². The summed E-state index contributed by atoms with van der Waals surface area (Å²) in [5.74, 6) is -1.61. The minimum absolute atomic E-state index is 0.0276. The Morgan fingerprint density at radius 2 is 1.62 bits per heavy atom. The quantitative estimate of drug-likeness (QED) is 0.426. The van der Waals surface area contributed by atoms with Crippen molar-refractivity contribution < 1.29 is 36.2 Å². The number of carboxylic acid groups (broad SMARTS) is 1. The van der Waals surface area contributed by atoms with Gasteiger partial charge in [0, 0.05) is 17.3 Å². The van der Waals surface area contributed by atoms with E-state index in [1.54, 1.807) is 0 Å². The lowest BCUT2D eigenvalue weighted by Crippen LogP contribution is -2.11. The molecule has 2 aromatic carbocycles. The minimum atomic E-state index is -5.15. The van der Waals surface area contributed by atoms with Crippen molar-refractivity contribution in [1.82, 2.24) is 4.98 Å². The van der Waals surface area contributed by atoms with E-state index in [1.807, 2.05) is 0 Å². The van der Waals surface area contributed by atoms with E-state index in [0.29, 0.717) is 11.6 Å². The van der Waals surface area contributed by atoms with E-state index in [9.17, 15) is 36.2 Å². The number of nitrogens with one attached hydrogen (secondary N) is 1. The molecule has 154 valence electrons. The first-order chi connectivity index (χ1) is 13.3. The van der Waals surface area contributed by atoms with Gasteiger partial charge in [0.25, 0.3) is 0 Å². The number of aromatic carboxylic acids is 1. The largest absolute Gasteiger partial charge is 0.477 e. The molecule has 1 heterocycles. The summed E-state index contributed by atoms with van der Waals surface area (Å²) in [7, 11) is 0. The summed E-state index contributed by atoms with van der Waals surface area (Å²) in [4.78, 5) is 13.7. The van der Waals surface area contributed by atoms with Crippen molar-refractivity contribution in [2.24, 2.45) is 0 Å². The lowest BCUT2D eigenvalue weighted by atomic mass is 9.96. The Bertz CT molecular complexity index is 1120. The average molecular weight is 456 g/mol. The van der Waals surface area contributed by atoms with Crippen molar-refractivity contribution >= 4 is 40.1 Å². The predicted octanol–water partition coefficient (Wildman–Crippen LogP) is 6.80. The molecule has 0 spiro atoms. The van der Waals surface area contributed by atoms with E-state index >= 15 is 0 Å². The maximum absolute atomic E-state index is 13.6. The van der Waals surface area contributed by atoms with E-state index < -0.39 is 46.0 Å². The zero-order valence-electron chi connectivity index (χ0n) is 14.0. The number of fused-ring (bicyclic) bond motifs is 1. The zero-order valence-corrected chi connectivity index (χ0v) is 15.5. The highest BCUT2D eigenvalue weighted by Gasteiger charge is 2.40. The number of benzene rings is 2. The lowest BCUT2D eigenvalue weighted by molar-refractivity contribution is -0.142. The number of carbonyl (C=O) groups is 1. The Labute approximate surface area is 168 Å². The molecule has 11 heteroatoms. The number of hydrogen-bond acceptors (Lipinski definition) is 1. The molecule has 0 fully saturated rings. The molecule has 0 bridgehead atoms. The van der Waals surface area contributed by atoms with E-state index in [0.717, 1.165) is 0 Å². The third-order valence-corrected chi connectivity index (χ3v) is 4.95. The lowest BCUT2D eigenvalue weighted by Gasteiger charge is -2.14. The van der Waals surface area contributed by atoms with Crippen LogP contribution in [0.3, 0.4) is 0 Å². The van der Waals surface area contributed by atoms with Crippen molar-refractivity contribution in [2.45, 2.75) is 18.8 Å². The molecule has 0 aliphatic rings. The Morgan fingerprint density at radius 1 is 0.966 bits per heavy atom. The standard InChI is InChI=1S/C18H9Cl2F6NO2/c19-11-2-1-7(4-12(11)20)3-9-14-10(18(24,25)26)5-8(17(21,22)23)6-13(14)27-15(9)16(28)29/h1-2,4-6,27H,3H2,(H,28,29). The molecule has 0 saturated heterocycles. The molecule has 0 saturated carbocycles. The summed E-state index contributed by atoms with van der Waals surface area (Å²) in [5.41, 5.74) is -4.34. The Morgan fingerprint density at radius 3 is 2.14 bits per heavy atom. The van der Waals surface area contributed by atoms with Gasteiger partial charge in [-0.2, -0.15) is 26.3 Å². The molecule has 0 aliphatic carbocycles. The van der Waals surface area contributed by atoms with Crippen molar-refractivity contribution in [3.05, 3.63) is 68.3 Å². The van der Waals surface area contributed by atoms with Gasteiger partial charge in [0.1, 0.15) is 5.69 Å². The van der Waals surface area contributed by atoms with Gasteiger partial charge in [-0.1, -0.05) is 29.3 Å². The second-order valence-electron chi connectivity index (χ2n) is 6.15. The van der Waals surface area contributed by atoms with E-state index in [4.69, 9.17) is 23.2 Å².